The van der Waals surface area contributed by atoms with E-state index in [4.69, 9.17) is 5.73 Å². The fourth-order valence-electron chi connectivity index (χ4n) is 5.22. The maximum absolute atomic E-state index is 13.8. The first-order valence-corrected chi connectivity index (χ1v) is 13.8. The van der Waals surface area contributed by atoms with Gasteiger partial charge in [0.05, 0.1) is 10.5 Å². The molecule has 0 saturated carbocycles. The van der Waals surface area contributed by atoms with Gasteiger partial charge in [0.25, 0.3) is 5.91 Å². The van der Waals surface area contributed by atoms with Crippen molar-refractivity contribution in [1.82, 2.24) is 19.4 Å². The number of benzene rings is 2. The summed E-state index contributed by atoms with van der Waals surface area (Å²) in [5.41, 5.74) is 8.27. The van der Waals surface area contributed by atoms with Gasteiger partial charge in [0.1, 0.15) is 11.6 Å². The fourth-order valence-corrected chi connectivity index (χ4v) is 6.84. The van der Waals surface area contributed by atoms with Crippen LogP contribution in [0.15, 0.2) is 41.3 Å². The number of carbonyl (C=O) groups is 1. The Hall–Kier alpha value is -3.35. The van der Waals surface area contributed by atoms with Gasteiger partial charge in [0, 0.05) is 48.1 Å². The van der Waals surface area contributed by atoms with Gasteiger partial charge in [0.2, 0.25) is 10.0 Å². The van der Waals surface area contributed by atoms with Gasteiger partial charge in [-0.15, -0.1) is 0 Å². The van der Waals surface area contributed by atoms with Gasteiger partial charge in [0.15, 0.2) is 5.82 Å². The lowest BCUT2D eigenvalue weighted by Crippen LogP contribution is -2.45. The van der Waals surface area contributed by atoms with Crippen molar-refractivity contribution in [2.24, 2.45) is 0 Å². The number of nitrogens with two attached hydrogens (primary N) is 1. The van der Waals surface area contributed by atoms with E-state index in [1.807, 2.05) is 19.9 Å². The molecule has 0 unspecified atom stereocenters. The molecule has 202 valence electrons. The Balaban J connectivity index is 1.39. The number of fused-ring (bicyclic) bond motifs is 1. The SMILES string of the molecule is CC1(C)CN(S(=O)(=O)c2cc(F)cc(F)c2)Cc2c(NC(=O)c3ccc(CN4CCCC4)cc3N)n[nH]c21. The maximum atomic E-state index is 13.8. The molecule has 2 aliphatic rings. The molecule has 0 radical (unpaired) electrons. The number of nitrogens with one attached hydrogen (secondary N) is 2. The molecule has 1 amide bonds. The number of amides is 1. The van der Waals surface area contributed by atoms with Crippen molar-refractivity contribution in [3.63, 3.8) is 0 Å². The molecule has 2 aliphatic heterocycles. The molecule has 4 N–H and O–H groups in total. The first-order valence-electron chi connectivity index (χ1n) is 12.4. The molecular weight excluding hydrogens is 514 g/mol. The molecule has 1 aromatic heterocycles. The number of hydrogen-bond acceptors (Lipinski definition) is 6. The Labute approximate surface area is 220 Å². The number of hydrogen-bond donors (Lipinski definition) is 3. The Morgan fingerprint density at radius 1 is 1.13 bits per heavy atom. The second-order valence-electron chi connectivity index (χ2n) is 10.5. The van der Waals surface area contributed by atoms with E-state index in [1.165, 1.54) is 12.8 Å². The first-order chi connectivity index (χ1) is 17.9. The smallest absolute Gasteiger partial charge is 0.258 e. The molecule has 0 spiro atoms. The van der Waals surface area contributed by atoms with Crippen LogP contribution in [0.5, 0.6) is 0 Å². The summed E-state index contributed by atoms with van der Waals surface area (Å²) in [6.45, 7) is 6.40. The monoisotopic (exact) mass is 544 g/mol. The summed E-state index contributed by atoms with van der Waals surface area (Å²) in [5.74, 6) is -2.28. The lowest BCUT2D eigenvalue weighted by atomic mass is 9.84. The number of halogens is 2. The number of carbonyl (C=O) groups excluding carboxylic acids is 1. The summed E-state index contributed by atoms with van der Waals surface area (Å²) in [6.07, 6.45) is 2.36. The normalized spacial score (nSPS) is 17.9. The molecule has 1 saturated heterocycles. The minimum absolute atomic E-state index is 0.0431. The largest absolute Gasteiger partial charge is 0.398 e. The average Bonchev–Trinajstić information content (AvgIpc) is 3.48. The molecule has 1 fully saturated rings. The summed E-state index contributed by atoms with van der Waals surface area (Å²) in [6, 6.07) is 7.53. The van der Waals surface area contributed by atoms with Gasteiger partial charge in [-0.1, -0.05) is 19.9 Å². The maximum Gasteiger partial charge on any atom is 0.258 e. The van der Waals surface area contributed by atoms with Gasteiger partial charge in [-0.25, -0.2) is 17.2 Å². The van der Waals surface area contributed by atoms with E-state index < -0.39 is 37.9 Å². The number of likely N-dealkylation sites (tertiary alicyclic amines) is 1. The highest BCUT2D eigenvalue weighted by Crippen LogP contribution is 2.38. The van der Waals surface area contributed by atoms with Crippen LogP contribution in [-0.4, -0.2) is 53.4 Å². The Bertz CT molecular complexity index is 1480. The van der Waals surface area contributed by atoms with Crippen molar-refractivity contribution in [3.8, 4) is 0 Å². The third kappa shape index (κ3) is 5.03. The van der Waals surface area contributed by atoms with Gasteiger partial charge >= 0.3 is 0 Å². The molecule has 2 aromatic carbocycles. The zero-order valence-corrected chi connectivity index (χ0v) is 22.0. The highest BCUT2D eigenvalue weighted by atomic mass is 32.2. The first kappa shape index (κ1) is 26.3. The molecule has 9 nitrogen and oxygen atoms in total. The topological polar surface area (TPSA) is 124 Å². The van der Waals surface area contributed by atoms with Crippen molar-refractivity contribution >= 4 is 27.4 Å². The molecular formula is C26H30F2N6O3S. The second kappa shape index (κ2) is 9.75. The average molecular weight is 545 g/mol. The number of aromatic nitrogens is 2. The molecule has 38 heavy (non-hydrogen) atoms. The van der Waals surface area contributed by atoms with Crippen LogP contribution in [0.3, 0.4) is 0 Å². The van der Waals surface area contributed by atoms with Crippen LogP contribution in [0, 0.1) is 11.6 Å². The summed E-state index contributed by atoms with van der Waals surface area (Å²) in [4.78, 5) is 15.0. The number of sulfonamides is 1. The van der Waals surface area contributed by atoms with E-state index in [0.29, 0.717) is 23.0 Å². The third-order valence-electron chi connectivity index (χ3n) is 7.12. The van der Waals surface area contributed by atoms with Crippen LogP contribution < -0.4 is 11.1 Å². The Morgan fingerprint density at radius 3 is 2.47 bits per heavy atom. The van der Waals surface area contributed by atoms with E-state index >= 15 is 0 Å². The highest BCUT2D eigenvalue weighted by molar-refractivity contribution is 7.89. The van der Waals surface area contributed by atoms with Gasteiger partial charge < -0.3 is 11.1 Å². The summed E-state index contributed by atoms with van der Waals surface area (Å²) < 4.78 is 55.4. The van der Waals surface area contributed by atoms with Crippen LogP contribution in [-0.2, 0) is 28.5 Å². The lowest BCUT2D eigenvalue weighted by molar-refractivity contribution is 0.102. The third-order valence-corrected chi connectivity index (χ3v) is 8.89. The van der Waals surface area contributed by atoms with Gasteiger partial charge in [-0.05, 0) is 55.8 Å². The van der Waals surface area contributed by atoms with Crippen LogP contribution in [0.2, 0.25) is 0 Å². The lowest BCUT2D eigenvalue weighted by Gasteiger charge is -2.36. The van der Waals surface area contributed by atoms with E-state index in [1.54, 1.807) is 12.1 Å². The van der Waals surface area contributed by atoms with Crippen molar-refractivity contribution in [3.05, 3.63) is 70.4 Å². The minimum atomic E-state index is -4.24. The van der Waals surface area contributed by atoms with Gasteiger partial charge in [-0.2, -0.15) is 9.40 Å². The second-order valence-corrected chi connectivity index (χ2v) is 12.5. The number of H-pyrrole nitrogens is 1. The predicted octanol–water partition coefficient (Wildman–Crippen LogP) is 3.60. The molecule has 3 aromatic rings. The molecule has 0 bridgehead atoms. The van der Waals surface area contributed by atoms with E-state index in [9.17, 15) is 22.0 Å². The number of nitrogen functional groups attached to an aromatic ring is 1. The Kier molecular flexibility index (Phi) is 6.74. The zero-order valence-electron chi connectivity index (χ0n) is 21.2. The minimum Gasteiger partial charge on any atom is -0.398 e. The van der Waals surface area contributed by atoms with Crippen LogP contribution >= 0.6 is 0 Å². The predicted molar refractivity (Wildman–Crippen MR) is 139 cm³/mol. The Morgan fingerprint density at radius 2 is 1.82 bits per heavy atom. The number of nitrogens with zero attached hydrogens (tertiary/aromatic N) is 3. The van der Waals surface area contributed by atoms with Crippen molar-refractivity contribution in [1.29, 1.82) is 0 Å². The van der Waals surface area contributed by atoms with Crippen LogP contribution in [0.4, 0.5) is 20.3 Å². The van der Waals surface area contributed by atoms with Crippen LogP contribution in [0.25, 0.3) is 0 Å². The van der Waals surface area contributed by atoms with Gasteiger partial charge in [-0.3, -0.25) is 14.8 Å². The van der Waals surface area contributed by atoms with E-state index in [2.05, 4.69) is 20.4 Å². The molecule has 5 rings (SSSR count). The van der Waals surface area contributed by atoms with Crippen molar-refractivity contribution in [2.75, 3.05) is 30.7 Å². The molecule has 3 heterocycles. The summed E-state index contributed by atoms with van der Waals surface area (Å²) in [7, 11) is -4.24. The summed E-state index contributed by atoms with van der Waals surface area (Å²) in [5, 5.41) is 9.92. The molecule has 0 aliphatic carbocycles. The highest BCUT2D eigenvalue weighted by Gasteiger charge is 2.41. The van der Waals surface area contributed by atoms with Crippen molar-refractivity contribution < 1.29 is 22.0 Å². The quantitative estimate of drug-likeness (QED) is 0.408. The number of aromatic amines is 1. The molecule has 0 atom stereocenters. The standard InChI is InChI=1S/C26H30F2N6O3S/c1-26(2)15-34(38(36,37)19-11-17(27)10-18(28)12-19)14-21-23(26)31-32-24(21)30-25(35)20-6-5-16(9-22(20)29)13-33-7-3-4-8-33/h5-6,9-12H,3-4,7-8,13-15,29H2,1-2H3,(H2,30,31,32,35). The summed E-state index contributed by atoms with van der Waals surface area (Å²) >= 11 is 0. The number of rotatable bonds is 6. The molecule has 12 heteroatoms. The van der Waals surface area contributed by atoms with E-state index in [-0.39, 0.29) is 24.5 Å². The van der Waals surface area contributed by atoms with E-state index in [0.717, 1.165) is 41.6 Å². The van der Waals surface area contributed by atoms with Crippen LogP contribution in [0.1, 0.15) is 53.9 Å². The fraction of sp³-hybridized carbons (Fsp3) is 0.385. The number of anilines is 2. The van der Waals surface area contributed by atoms with Crippen molar-refractivity contribution in [2.45, 2.75) is 50.1 Å². The zero-order chi connectivity index (χ0) is 27.2.